The third-order valence-corrected chi connectivity index (χ3v) is 5.03. The maximum Gasteiger partial charge on any atom is 0.254 e. The second-order valence-electron chi connectivity index (χ2n) is 6.54. The Morgan fingerprint density at radius 2 is 1.87 bits per heavy atom. The number of nitrogens with one attached hydrogen (secondary N) is 1. The van der Waals surface area contributed by atoms with Crippen LogP contribution in [0.25, 0.3) is 0 Å². The highest BCUT2D eigenvalue weighted by atomic mass is 16.2. The molecule has 0 bridgehead atoms. The van der Waals surface area contributed by atoms with Crippen LogP contribution in [0.15, 0.2) is 24.5 Å². The van der Waals surface area contributed by atoms with E-state index in [1.54, 1.807) is 24.5 Å². The largest absolute Gasteiger partial charge is 0.356 e. The van der Waals surface area contributed by atoms with E-state index in [0.29, 0.717) is 5.56 Å². The van der Waals surface area contributed by atoms with Crippen molar-refractivity contribution in [3.63, 3.8) is 0 Å². The van der Waals surface area contributed by atoms with Gasteiger partial charge < -0.3 is 10.2 Å². The number of aromatic nitrogens is 1. The molecule has 0 spiro atoms. The van der Waals surface area contributed by atoms with Crippen molar-refractivity contribution in [2.45, 2.75) is 51.0 Å². The highest BCUT2D eigenvalue weighted by Gasteiger charge is 2.38. The molecule has 5 nitrogen and oxygen atoms in total. The molecule has 1 saturated carbocycles. The van der Waals surface area contributed by atoms with Gasteiger partial charge in [0.2, 0.25) is 5.91 Å². The summed E-state index contributed by atoms with van der Waals surface area (Å²) >= 11 is 0. The first kappa shape index (κ1) is 16.0. The summed E-state index contributed by atoms with van der Waals surface area (Å²) < 4.78 is 0. The standard InChI is InChI=1S/C18H25N3O2/c22-17-15-6-5-7-16(15)21(13-4-2-1-3-10-20-17)18(23)14-8-11-19-12-9-14/h8-9,11-12,15-16H,1-7,10,13H2,(H,20,22)/t15-,16+/m1/s1. The van der Waals surface area contributed by atoms with E-state index in [4.69, 9.17) is 0 Å². The Bertz CT molecular complexity index is 546. The molecule has 0 radical (unpaired) electrons. The number of nitrogens with zero attached hydrogens (tertiary/aromatic N) is 2. The minimum absolute atomic E-state index is 0.0359. The molecule has 1 aliphatic heterocycles. The Morgan fingerprint density at radius 3 is 2.70 bits per heavy atom. The molecule has 0 unspecified atom stereocenters. The minimum Gasteiger partial charge on any atom is -0.356 e. The predicted molar refractivity (Wildman–Crippen MR) is 87.9 cm³/mol. The number of pyridine rings is 1. The van der Waals surface area contributed by atoms with E-state index in [1.165, 1.54) is 0 Å². The molecule has 2 aliphatic rings. The zero-order valence-electron chi connectivity index (χ0n) is 13.5. The van der Waals surface area contributed by atoms with Crippen LogP contribution in [0.5, 0.6) is 0 Å². The Morgan fingerprint density at radius 1 is 1.09 bits per heavy atom. The Hall–Kier alpha value is -1.91. The van der Waals surface area contributed by atoms with Crippen LogP contribution in [0.4, 0.5) is 0 Å². The summed E-state index contributed by atoms with van der Waals surface area (Å²) in [5, 5.41) is 3.06. The van der Waals surface area contributed by atoms with Gasteiger partial charge in [-0.3, -0.25) is 14.6 Å². The summed E-state index contributed by atoms with van der Waals surface area (Å²) in [5.41, 5.74) is 0.668. The predicted octanol–water partition coefficient (Wildman–Crippen LogP) is 2.38. The average molecular weight is 315 g/mol. The van der Waals surface area contributed by atoms with Gasteiger partial charge in [0.25, 0.3) is 5.91 Å². The van der Waals surface area contributed by atoms with Crippen LogP contribution in [0.3, 0.4) is 0 Å². The summed E-state index contributed by atoms with van der Waals surface area (Å²) in [6.07, 6.45) is 10.4. The molecule has 5 heteroatoms. The van der Waals surface area contributed by atoms with Gasteiger partial charge in [0.05, 0.1) is 5.92 Å². The van der Waals surface area contributed by atoms with Gasteiger partial charge >= 0.3 is 0 Å². The summed E-state index contributed by atoms with van der Waals surface area (Å²) in [6, 6.07) is 3.56. The third kappa shape index (κ3) is 3.71. The average Bonchev–Trinajstić information content (AvgIpc) is 3.05. The highest BCUT2D eigenvalue weighted by Crippen LogP contribution is 2.32. The van der Waals surface area contributed by atoms with Gasteiger partial charge in [-0.15, -0.1) is 0 Å². The van der Waals surface area contributed by atoms with Crippen molar-refractivity contribution in [3.05, 3.63) is 30.1 Å². The summed E-state index contributed by atoms with van der Waals surface area (Å²) in [5.74, 6) is 0.108. The molecule has 3 rings (SSSR count). The molecule has 124 valence electrons. The van der Waals surface area contributed by atoms with Crippen molar-refractivity contribution in [1.29, 1.82) is 0 Å². The first-order chi connectivity index (χ1) is 11.3. The lowest BCUT2D eigenvalue weighted by molar-refractivity contribution is -0.126. The smallest absolute Gasteiger partial charge is 0.254 e. The maximum absolute atomic E-state index is 13.0. The SMILES string of the molecule is O=C1NCCCCCCN(C(=O)c2ccncc2)[C@H]2CCC[C@@H]12. The molecular formula is C18H25N3O2. The highest BCUT2D eigenvalue weighted by molar-refractivity contribution is 5.94. The van der Waals surface area contributed by atoms with Crippen molar-refractivity contribution < 1.29 is 9.59 Å². The van der Waals surface area contributed by atoms with Gasteiger partial charge in [-0.05, 0) is 37.8 Å². The van der Waals surface area contributed by atoms with E-state index in [-0.39, 0.29) is 23.8 Å². The van der Waals surface area contributed by atoms with Gasteiger partial charge in [0.15, 0.2) is 0 Å². The summed E-state index contributed by atoms with van der Waals surface area (Å²) in [6.45, 7) is 1.51. The Labute approximate surface area is 137 Å². The topological polar surface area (TPSA) is 62.3 Å². The summed E-state index contributed by atoms with van der Waals surface area (Å²) in [7, 11) is 0. The van der Waals surface area contributed by atoms with Crippen LogP contribution < -0.4 is 5.32 Å². The van der Waals surface area contributed by atoms with Crippen molar-refractivity contribution in [1.82, 2.24) is 15.2 Å². The number of hydrogen-bond donors (Lipinski definition) is 1. The lowest BCUT2D eigenvalue weighted by Gasteiger charge is -2.32. The fraction of sp³-hybridized carbons (Fsp3) is 0.611. The molecule has 1 aromatic rings. The molecular weight excluding hydrogens is 290 g/mol. The van der Waals surface area contributed by atoms with E-state index in [9.17, 15) is 9.59 Å². The molecule has 1 aliphatic carbocycles. The lowest BCUT2D eigenvalue weighted by Crippen LogP contribution is -2.47. The number of carbonyl (C=O) groups excluding carboxylic acids is 2. The van der Waals surface area contributed by atoms with E-state index < -0.39 is 0 Å². The lowest BCUT2D eigenvalue weighted by atomic mass is 9.99. The molecule has 1 saturated heterocycles. The fourth-order valence-electron chi connectivity index (χ4n) is 3.80. The second-order valence-corrected chi connectivity index (χ2v) is 6.54. The second kappa shape index (κ2) is 7.57. The van der Waals surface area contributed by atoms with Gasteiger partial charge in [0, 0.05) is 37.1 Å². The van der Waals surface area contributed by atoms with Gasteiger partial charge in [-0.25, -0.2) is 0 Å². The van der Waals surface area contributed by atoms with E-state index in [1.807, 2.05) is 4.90 Å². The number of hydrogen-bond acceptors (Lipinski definition) is 3. The van der Waals surface area contributed by atoms with Gasteiger partial charge in [-0.2, -0.15) is 0 Å². The molecule has 2 amide bonds. The molecule has 2 atom stereocenters. The van der Waals surface area contributed by atoms with Crippen molar-refractivity contribution in [2.24, 2.45) is 5.92 Å². The third-order valence-electron chi connectivity index (χ3n) is 5.03. The molecule has 23 heavy (non-hydrogen) atoms. The van der Waals surface area contributed by atoms with Crippen molar-refractivity contribution >= 4 is 11.8 Å². The van der Waals surface area contributed by atoms with E-state index in [2.05, 4.69) is 10.3 Å². The molecule has 2 heterocycles. The van der Waals surface area contributed by atoms with Crippen molar-refractivity contribution in [3.8, 4) is 0 Å². The number of fused-ring (bicyclic) bond motifs is 1. The van der Waals surface area contributed by atoms with Gasteiger partial charge in [-0.1, -0.05) is 19.3 Å². The van der Waals surface area contributed by atoms with Crippen LogP contribution in [0.2, 0.25) is 0 Å². The molecule has 1 aromatic heterocycles. The summed E-state index contributed by atoms with van der Waals surface area (Å²) in [4.78, 5) is 31.4. The van der Waals surface area contributed by atoms with Crippen LogP contribution in [-0.2, 0) is 4.79 Å². The molecule has 2 fully saturated rings. The van der Waals surface area contributed by atoms with Crippen LogP contribution in [0.1, 0.15) is 55.3 Å². The Balaban J connectivity index is 1.84. The Kier molecular flexibility index (Phi) is 5.26. The van der Waals surface area contributed by atoms with Crippen LogP contribution >= 0.6 is 0 Å². The zero-order chi connectivity index (χ0) is 16.1. The number of carbonyl (C=O) groups is 2. The normalized spacial score (nSPS) is 26.1. The number of rotatable bonds is 1. The first-order valence-electron chi connectivity index (χ1n) is 8.76. The van der Waals surface area contributed by atoms with Crippen LogP contribution in [-0.4, -0.2) is 40.8 Å². The van der Waals surface area contributed by atoms with Crippen molar-refractivity contribution in [2.75, 3.05) is 13.1 Å². The quantitative estimate of drug-likeness (QED) is 0.865. The molecule has 1 N–H and O–H groups in total. The first-order valence-corrected chi connectivity index (χ1v) is 8.76. The monoisotopic (exact) mass is 315 g/mol. The molecule has 0 aromatic carbocycles. The maximum atomic E-state index is 13.0. The zero-order valence-corrected chi connectivity index (χ0v) is 13.5. The van der Waals surface area contributed by atoms with Crippen LogP contribution in [0, 0.1) is 5.92 Å². The van der Waals surface area contributed by atoms with E-state index >= 15 is 0 Å². The van der Waals surface area contributed by atoms with E-state index in [0.717, 1.165) is 58.0 Å². The fourth-order valence-corrected chi connectivity index (χ4v) is 3.80. The minimum atomic E-state index is -0.0566. The van der Waals surface area contributed by atoms with Gasteiger partial charge in [0.1, 0.15) is 0 Å². The number of amides is 2.